The third-order valence-electron chi connectivity index (χ3n) is 3.98. The van der Waals surface area contributed by atoms with Crippen LogP contribution in [-0.2, 0) is 22.6 Å². The Labute approximate surface area is 166 Å². The Morgan fingerprint density at radius 1 is 0.963 bits per heavy atom. The van der Waals surface area contributed by atoms with Crippen molar-refractivity contribution in [3.05, 3.63) is 80.7 Å². The molecule has 0 bridgehead atoms. The fraction of sp³-hybridized carbons (Fsp3) is 0.200. The van der Waals surface area contributed by atoms with E-state index in [1.165, 1.54) is 7.11 Å². The van der Waals surface area contributed by atoms with Crippen LogP contribution in [0.15, 0.2) is 65.4 Å². The number of ether oxygens (including phenoxy) is 1. The summed E-state index contributed by atoms with van der Waals surface area (Å²) in [6.45, 7) is 0.953. The van der Waals surface area contributed by atoms with Gasteiger partial charge in [-0.3, -0.25) is 0 Å². The highest BCUT2D eigenvalue weighted by Crippen LogP contribution is 2.19. The number of carbonyl (C=O) groups excluding carboxylic acids is 2. The van der Waals surface area contributed by atoms with Crippen molar-refractivity contribution in [1.82, 2.24) is 10.2 Å². The minimum atomic E-state index is -0.849. The van der Waals surface area contributed by atoms with E-state index in [2.05, 4.69) is 5.32 Å². The molecule has 2 aromatic heterocycles. The fourth-order valence-corrected chi connectivity index (χ4v) is 4.08. The highest BCUT2D eigenvalue weighted by atomic mass is 32.1. The maximum atomic E-state index is 13.0. The van der Waals surface area contributed by atoms with Gasteiger partial charge in [0.1, 0.15) is 0 Å². The summed E-state index contributed by atoms with van der Waals surface area (Å²) in [5.41, 5.74) is 0.685. The van der Waals surface area contributed by atoms with Crippen molar-refractivity contribution in [2.75, 3.05) is 7.11 Å². The molecule has 1 N–H and O–H groups in total. The Bertz CT molecular complexity index is 813. The van der Waals surface area contributed by atoms with Gasteiger partial charge in [0.05, 0.1) is 20.2 Å². The number of hydrogen-bond donors (Lipinski definition) is 1. The predicted molar refractivity (Wildman–Crippen MR) is 108 cm³/mol. The summed E-state index contributed by atoms with van der Waals surface area (Å²) in [5, 5.41) is 6.80. The van der Waals surface area contributed by atoms with Crippen LogP contribution in [0, 0.1) is 0 Å². The summed E-state index contributed by atoms with van der Waals surface area (Å²) in [4.78, 5) is 29.1. The molecule has 27 heavy (non-hydrogen) atoms. The van der Waals surface area contributed by atoms with Gasteiger partial charge in [-0.2, -0.15) is 0 Å². The average molecular weight is 401 g/mol. The molecule has 2 heterocycles. The molecular weight excluding hydrogens is 380 g/mol. The topological polar surface area (TPSA) is 58.6 Å². The Hall–Kier alpha value is -2.64. The largest absolute Gasteiger partial charge is 0.467 e. The third kappa shape index (κ3) is 5.18. The Balaban J connectivity index is 1.79. The molecule has 0 radical (unpaired) electrons. The molecule has 0 saturated carbocycles. The second-order valence-corrected chi connectivity index (χ2v) is 7.90. The van der Waals surface area contributed by atoms with Crippen LogP contribution in [-0.4, -0.2) is 24.0 Å². The van der Waals surface area contributed by atoms with Crippen LogP contribution in [0.1, 0.15) is 21.4 Å². The summed E-state index contributed by atoms with van der Waals surface area (Å²) in [6, 6.07) is 15.9. The second kappa shape index (κ2) is 9.34. The van der Waals surface area contributed by atoms with Gasteiger partial charge in [0.15, 0.2) is 6.04 Å². The predicted octanol–water partition coefficient (Wildman–Crippen LogP) is 4.44. The summed E-state index contributed by atoms with van der Waals surface area (Å²) < 4.78 is 4.89. The van der Waals surface area contributed by atoms with Gasteiger partial charge in [-0.05, 0) is 28.5 Å². The Morgan fingerprint density at radius 2 is 1.56 bits per heavy atom. The number of nitrogens with zero attached hydrogens (tertiary/aromatic N) is 1. The maximum Gasteiger partial charge on any atom is 0.333 e. The molecule has 5 nitrogen and oxygen atoms in total. The van der Waals surface area contributed by atoms with Crippen molar-refractivity contribution in [2.45, 2.75) is 19.1 Å². The third-order valence-corrected chi connectivity index (χ3v) is 5.70. The highest BCUT2D eigenvalue weighted by Gasteiger charge is 2.26. The minimum Gasteiger partial charge on any atom is -0.467 e. The molecule has 0 aliphatic carbocycles. The van der Waals surface area contributed by atoms with Crippen LogP contribution in [0.2, 0.25) is 0 Å². The van der Waals surface area contributed by atoms with Crippen LogP contribution in [0.3, 0.4) is 0 Å². The summed E-state index contributed by atoms with van der Waals surface area (Å²) in [6.07, 6.45) is 0. The van der Waals surface area contributed by atoms with Crippen molar-refractivity contribution in [3.8, 4) is 0 Å². The number of nitrogens with one attached hydrogen (secondary N) is 1. The van der Waals surface area contributed by atoms with Crippen LogP contribution in [0.4, 0.5) is 4.79 Å². The minimum absolute atomic E-state index is 0.309. The van der Waals surface area contributed by atoms with Gasteiger partial charge in [0, 0.05) is 9.75 Å². The zero-order valence-electron chi connectivity index (χ0n) is 14.8. The first-order chi connectivity index (χ1) is 13.2. The smallest absolute Gasteiger partial charge is 0.333 e. The van der Waals surface area contributed by atoms with Gasteiger partial charge >= 0.3 is 12.0 Å². The molecule has 1 unspecified atom stereocenters. The number of benzene rings is 1. The van der Waals surface area contributed by atoms with E-state index >= 15 is 0 Å². The lowest BCUT2D eigenvalue weighted by molar-refractivity contribution is -0.143. The summed E-state index contributed by atoms with van der Waals surface area (Å²) in [7, 11) is 1.32. The van der Waals surface area contributed by atoms with E-state index in [0.717, 1.165) is 9.75 Å². The first-order valence-corrected chi connectivity index (χ1v) is 10.2. The van der Waals surface area contributed by atoms with Gasteiger partial charge in [-0.15, -0.1) is 22.7 Å². The van der Waals surface area contributed by atoms with E-state index in [9.17, 15) is 9.59 Å². The SMILES string of the molecule is COC(=O)C(NC(=O)N(Cc1cccs1)Cc1cccs1)c1ccccc1. The molecule has 2 amide bonds. The summed E-state index contributed by atoms with van der Waals surface area (Å²) in [5.74, 6) is -0.498. The molecule has 3 rings (SSSR count). The number of urea groups is 1. The van der Waals surface area contributed by atoms with Crippen molar-refractivity contribution in [2.24, 2.45) is 0 Å². The molecule has 0 aliphatic rings. The van der Waals surface area contributed by atoms with Crippen LogP contribution in [0.5, 0.6) is 0 Å². The van der Waals surface area contributed by atoms with Crippen LogP contribution < -0.4 is 5.32 Å². The van der Waals surface area contributed by atoms with Crippen molar-refractivity contribution in [1.29, 1.82) is 0 Å². The number of esters is 1. The number of carbonyl (C=O) groups is 2. The first kappa shape index (κ1) is 19.1. The van der Waals surface area contributed by atoms with Gasteiger partial charge < -0.3 is 15.0 Å². The standard InChI is InChI=1S/C20H20N2O3S2/c1-25-19(23)18(15-7-3-2-4-8-15)21-20(24)22(13-16-9-5-11-26-16)14-17-10-6-12-27-17/h2-12,18H,13-14H2,1H3,(H,21,24). The number of thiophene rings is 2. The number of hydrogen-bond acceptors (Lipinski definition) is 5. The van der Waals surface area contributed by atoms with E-state index in [1.54, 1.807) is 39.7 Å². The van der Waals surface area contributed by atoms with Crippen LogP contribution in [0.25, 0.3) is 0 Å². The fourth-order valence-electron chi connectivity index (χ4n) is 2.64. The molecule has 1 aromatic carbocycles. The normalized spacial score (nSPS) is 11.6. The number of rotatable bonds is 7. The van der Waals surface area contributed by atoms with Crippen molar-refractivity contribution < 1.29 is 14.3 Å². The number of amides is 2. The molecule has 0 aliphatic heterocycles. The van der Waals surface area contributed by atoms with Crippen LogP contribution >= 0.6 is 22.7 Å². The molecule has 0 fully saturated rings. The number of methoxy groups -OCH3 is 1. The van der Waals surface area contributed by atoms with E-state index in [-0.39, 0.29) is 6.03 Å². The molecule has 1 atom stereocenters. The Kier molecular flexibility index (Phi) is 6.62. The van der Waals surface area contributed by atoms with Crippen molar-refractivity contribution in [3.63, 3.8) is 0 Å². The van der Waals surface area contributed by atoms with E-state index in [1.807, 2.05) is 53.2 Å². The summed E-state index contributed by atoms with van der Waals surface area (Å²) >= 11 is 3.19. The Morgan fingerprint density at radius 3 is 2.04 bits per heavy atom. The quantitative estimate of drug-likeness (QED) is 0.597. The molecule has 7 heteroatoms. The molecule has 140 valence electrons. The highest BCUT2D eigenvalue weighted by molar-refractivity contribution is 7.10. The van der Waals surface area contributed by atoms with Gasteiger partial charge in [-0.25, -0.2) is 9.59 Å². The zero-order valence-corrected chi connectivity index (χ0v) is 16.5. The molecule has 3 aromatic rings. The zero-order chi connectivity index (χ0) is 19.1. The van der Waals surface area contributed by atoms with Gasteiger partial charge in [-0.1, -0.05) is 42.5 Å². The monoisotopic (exact) mass is 400 g/mol. The molecule has 0 spiro atoms. The average Bonchev–Trinajstić information content (AvgIpc) is 3.39. The lowest BCUT2D eigenvalue weighted by Gasteiger charge is -2.25. The van der Waals surface area contributed by atoms with Gasteiger partial charge in [0.2, 0.25) is 0 Å². The first-order valence-electron chi connectivity index (χ1n) is 8.40. The van der Waals surface area contributed by atoms with Crippen molar-refractivity contribution >= 4 is 34.7 Å². The van der Waals surface area contributed by atoms with E-state index in [0.29, 0.717) is 18.7 Å². The van der Waals surface area contributed by atoms with Gasteiger partial charge in [0.25, 0.3) is 0 Å². The second-order valence-electron chi connectivity index (χ2n) is 5.83. The maximum absolute atomic E-state index is 13.0. The van der Waals surface area contributed by atoms with E-state index in [4.69, 9.17) is 4.74 Å². The lowest BCUT2D eigenvalue weighted by Crippen LogP contribution is -2.43. The molecule has 0 saturated heterocycles. The van der Waals surface area contributed by atoms with E-state index < -0.39 is 12.0 Å². The molecular formula is C20H20N2O3S2. The lowest BCUT2D eigenvalue weighted by atomic mass is 10.1.